The summed E-state index contributed by atoms with van der Waals surface area (Å²) in [5.41, 5.74) is 8.09. The Bertz CT molecular complexity index is 630. The third-order valence-corrected chi connectivity index (χ3v) is 3.17. The molecule has 3 rings (SSSR count). The summed E-state index contributed by atoms with van der Waals surface area (Å²) in [5.74, 6) is 0.996. The maximum atomic E-state index is 5.52. The quantitative estimate of drug-likeness (QED) is 0.780. The summed E-state index contributed by atoms with van der Waals surface area (Å²) in [4.78, 5) is 8.55. The Kier molecular flexibility index (Phi) is 2.87. The van der Waals surface area contributed by atoms with Crippen LogP contribution >= 0.6 is 11.3 Å². The standard InChI is InChI=1S/C12H10N4OS/c13-5-8-1-2-10(14-6-8)12-15-11(16-17-12)9-3-4-18-7-9/h1-4,6-7H,5,13H2. The van der Waals surface area contributed by atoms with Crippen LogP contribution in [0.4, 0.5) is 0 Å². The molecule has 0 radical (unpaired) electrons. The van der Waals surface area contributed by atoms with Gasteiger partial charge in [0.15, 0.2) is 0 Å². The molecule has 0 unspecified atom stereocenters. The van der Waals surface area contributed by atoms with Crippen molar-refractivity contribution < 1.29 is 4.52 Å². The van der Waals surface area contributed by atoms with Crippen molar-refractivity contribution in [2.24, 2.45) is 5.73 Å². The Morgan fingerprint density at radius 1 is 1.28 bits per heavy atom. The van der Waals surface area contributed by atoms with E-state index >= 15 is 0 Å². The normalized spacial score (nSPS) is 10.7. The van der Waals surface area contributed by atoms with Crippen molar-refractivity contribution in [2.45, 2.75) is 6.54 Å². The largest absolute Gasteiger partial charge is 0.332 e. The topological polar surface area (TPSA) is 77.8 Å². The van der Waals surface area contributed by atoms with E-state index in [1.54, 1.807) is 17.5 Å². The molecule has 6 heteroatoms. The van der Waals surface area contributed by atoms with Crippen LogP contribution in [0.5, 0.6) is 0 Å². The van der Waals surface area contributed by atoms with Gasteiger partial charge in [-0.2, -0.15) is 16.3 Å². The lowest BCUT2D eigenvalue weighted by atomic mass is 10.2. The molecule has 0 saturated heterocycles. The number of aromatic nitrogens is 3. The fraction of sp³-hybridized carbons (Fsp3) is 0.0833. The first-order valence-electron chi connectivity index (χ1n) is 5.38. The Balaban J connectivity index is 1.92. The first-order chi connectivity index (χ1) is 8.86. The first-order valence-corrected chi connectivity index (χ1v) is 6.33. The fourth-order valence-corrected chi connectivity index (χ4v) is 2.14. The van der Waals surface area contributed by atoms with E-state index in [2.05, 4.69) is 15.1 Å². The minimum atomic E-state index is 0.416. The van der Waals surface area contributed by atoms with Crippen LogP contribution < -0.4 is 5.73 Å². The lowest BCUT2D eigenvalue weighted by Gasteiger charge is -1.96. The lowest BCUT2D eigenvalue weighted by Crippen LogP contribution is -1.96. The summed E-state index contributed by atoms with van der Waals surface area (Å²) < 4.78 is 5.20. The van der Waals surface area contributed by atoms with Crippen LogP contribution in [-0.4, -0.2) is 15.1 Å². The minimum Gasteiger partial charge on any atom is -0.332 e. The summed E-state index contributed by atoms with van der Waals surface area (Å²) in [7, 11) is 0. The van der Waals surface area contributed by atoms with Crippen LogP contribution in [0.25, 0.3) is 23.0 Å². The van der Waals surface area contributed by atoms with Gasteiger partial charge < -0.3 is 10.3 Å². The second-order valence-electron chi connectivity index (χ2n) is 3.69. The van der Waals surface area contributed by atoms with E-state index < -0.39 is 0 Å². The van der Waals surface area contributed by atoms with E-state index in [0.717, 1.165) is 11.1 Å². The molecular weight excluding hydrogens is 248 g/mol. The van der Waals surface area contributed by atoms with Gasteiger partial charge in [-0.25, -0.2) is 0 Å². The van der Waals surface area contributed by atoms with E-state index in [9.17, 15) is 0 Å². The lowest BCUT2D eigenvalue weighted by molar-refractivity contribution is 0.431. The number of nitrogens with two attached hydrogens (primary N) is 1. The van der Waals surface area contributed by atoms with Gasteiger partial charge in [0, 0.05) is 23.7 Å². The van der Waals surface area contributed by atoms with Crippen LogP contribution in [0.2, 0.25) is 0 Å². The SMILES string of the molecule is NCc1ccc(-c2nc(-c3ccsc3)no2)nc1. The van der Waals surface area contributed by atoms with Gasteiger partial charge in [-0.1, -0.05) is 11.2 Å². The molecule has 0 fully saturated rings. The molecule has 18 heavy (non-hydrogen) atoms. The number of rotatable bonds is 3. The first kappa shape index (κ1) is 11.1. The highest BCUT2D eigenvalue weighted by molar-refractivity contribution is 7.08. The van der Waals surface area contributed by atoms with E-state index in [4.69, 9.17) is 10.3 Å². The molecule has 0 atom stereocenters. The van der Waals surface area contributed by atoms with E-state index in [-0.39, 0.29) is 0 Å². The molecule has 3 aromatic rings. The molecule has 2 N–H and O–H groups in total. The van der Waals surface area contributed by atoms with Gasteiger partial charge in [-0.3, -0.25) is 4.98 Å². The molecule has 0 aliphatic heterocycles. The molecule has 0 bridgehead atoms. The monoisotopic (exact) mass is 258 g/mol. The van der Waals surface area contributed by atoms with Crippen molar-refractivity contribution >= 4 is 11.3 Å². The third-order valence-electron chi connectivity index (χ3n) is 2.48. The summed E-state index contributed by atoms with van der Waals surface area (Å²) in [6.45, 7) is 0.470. The predicted octanol–water partition coefficient (Wildman–Crippen LogP) is 2.32. The smallest absolute Gasteiger partial charge is 0.276 e. The van der Waals surface area contributed by atoms with Gasteiger partial charge in [0.1, 0.15) is 5.69 Å². The fourth-order valence-electron chi connectivity index (χ4n) is 1.51. The third kappa shape index (κ3) is 2.03. The van der Waals surface area contributed by atoms with E-state index in [1.165, 1.54) is 0 Å². The molecular formula is C12H10N4OS. The molecule has 0 saturated carbocycles. The van der Waals surface area contributed by atoms with Gasteiger partial charge in [-0.15, -0.1) is 0 Å². The average molecular weight is 258 g/mol. The van der Waals surface area contributed by atoms with Crippen molar-refractivity contribution in [3.05, 3.63) is 40.7 Å². The van der Waals surface area contributed by atoms with Gasteiger partial charge in [0.05, 0.1) is 0 Å². The molecule has 0 aliphatic rings. The van der Waals surface area contributed by atoms with Crippen LogP contribution in [0.15, 0.2) is 39.7 Å². The van der Waals surface area contributed by atoms with Gasteiger partial charge in [0.25, 0.3) is 5.89 Å². The highest BCUT2D eigenvalue weighted by atomic mass is 32.1. The Morgan fingerprint density at radius 2 is 2.22 bits per heavy atom. The summed E-state index contributed by atoms with van der Waals surface area (Å²) in [6.07, 6.45) is 1.71. The molecule has 0 spiro atoms. The zero-order chi connectivity index (χ0) is 12.4. The Labute approximate surface area is 107 Å². The maximum Gasteiger partial charge on any atom is 0.276 e. The molecule has 90 valence electrons. The van der Waals surface area contributed by atoms with Crippen LogP contribution in [0.3, 0.4) is 0 Å². The van der Waals surface area contributed by atoms with Gasteiger partial charge >= 0.3 is 0 Å². The van der Waals surface area contributed by atoms with Crippen molar-refractivity contribution in [3.63, 3.8) is 0 Å². The molecule has 0 amide bonds. The predicted molar refractivity (Wildman–Crippen MR) is 68.7 cm³/mol. The van der Waals surface area contributed by atoms with Crippen molar-refractivity contribution in [1.29, 1.82) is 0 Å². The van der Waals surface area contributed by atoms with Gasteiger partial charge in [0.2, 0.25) is 5.82 Å². The maximum absolute atomic E-state index is 5.52. The summed E-state index contributed by atoms with van der Waals surface area (Å²) in [6, 6.07) is 5.67. The second kappa shape index (κ2) is 4.67. The Morgan fingerprint density at radius 3 is 2.89 bits per heavy atom. The minimum absolute atomic E-state index is 0.416. The number of thiophene rings is 1. The average Bonchev–Trinajstić information content (AvgIpc) is 3.09. The molecule has 3 aromatic heterocycles. The van der Waals surface area contributed by atoms with Crippen LogP contribution in [0.1, 0.15) is 5.56 Å². The highest BCUT2D eigenvalue weighted by Gasteiger charge is 2.11. The van der Waals surface area contributed by atoms with Crippen molar-refractivity contribution in [3.8, 4) is 23.0 Å². The molecule has 0 aromatic carbocycles. The van der Waals surface area contributed by atoms with Gasteiger partial charge in [-0.05, 0) is 23.1 Å². The van der Waals surface area contributed by atoms with E-state index in [0.29, 0.717) is 24.0 Å². The van der Waals surface area contributed by atoms with Crippen molar-refractivity contribution in [2.75, 3.05) is 0 Å². The number of hydrogen-bond donors (Lipinski definition) is 1. The summed E-state index contributed by atoms with van der Waals surface area (Å²) >= 11 is 1.59. The zero-order valence-corrected chi connectivity index (χ0v) is 10.2. The molecule has 5 nitrogen and oxygen atoms in total. The van der Waals surface area contributed by atoms with E-state index in [1.807, 2.05) is 29.0 Å². The number of pyridine rings is 1. The van der Waals surface area contributed by atoms with Crippen molar-refractivity contribution in [1.82, 2.24) is 15.1 Å². The molecule has 0 aliphatic carbocycles. The second-order valence-corrected chi connectivity index (χ2v) is 4.47. The number of nitrogens with zero attached hydrogens (tertiary/aromatic N) is 3. The highest BCUT2D eigenvalue weighted by Crippen LogP contribution is 2.22. The zero-order valence-electron chi connectivity index (χ0n) is 9.41. The Hall–Kier alpha value is -2.05. The molecule has 3 heterocycles. The van der Waals surface area contributed by atoms with Crippen LogP contribution in [-0.2, 0) is 6.54 Å². The van der Waals surface area contributed by atoms with Crippen LogP contribution in [0, 0.1) is 0 Å². The number of hydrogen-bond acceptors (Lipinski definition) is 6. The summed E-state index contributed by atoms with van der Waals surface area (Å²) in [5, 5.41) is 7.88.